The van der Waals surface area contributed by atoms with E-state index in [9.17, 15) is 19.5 Å². The smallest absolute Gasteiger partial charge is 0.411 e. The van der Waals surface area contributed by atoms with Crippen LogP contribution >= 0.6 is 0 Å². The molecule has 0 fully saturated rings. The van der Waals surface area contributed by atoms with E-state index < -0.39 is 35.8 Å². The molecule has 3 rings (SSSR count). The summed E-state index contributed by atoms with van der Waals surface area (Å²) in [6, 6.07) is 13.6. The number of carbonyl (C=O) groups excluding carboxylic acids is 2. The lowest BCUT2D eigenvalue weighted by molar-refractivity contribution is -0.143. The van der Waals surface area contributed by atoms with Crippen LogP contribution in [0.1, 0.15) is 50.8 Å². The highest BCUT2D eigenvalue weighted by atomic mass is 16.6. The fourth-order valence-corrected chi connectivity index (χ4v) is 4.13. The number of carboxylic acid groups (broad SMARTS) is 1. The molecular weight excluding hydrogens is 424 g/mol. The summed E-state index contributed by atoms with van der Waals surface area (Å²) in [5, 5.41) is 12.7. The van der Waals surface area contributed by atoms with Crippen molar-refractivity contribution in [1.29, 1.82) is 0 Å². The van der Waals surface area contributed by atoms with Crippen molar-refractivity contribution in [3.63, 3.8) is 0 Å². The Morgan fingerprint density at radius 3 is 2.06 bits per heavy atom. The average Bonchev–Trinajstić information content (AvgIpc) is 3.08. The topological polar surface area (TPSA) is 105 Å². The summed E-state index contributed by atoms with van der Waals surface area (Å²) >= 11 is 0. The number of rotatable bonds is 7. The van der Waals surface area contributed by atoms with Gasteiger partial charge in [0.05, 0.1) is 13.2 Å². The van der Waals surface area contributed by atoms with Crippen molar-refractivity contribution in [2.24, 2.45) is 0 Å². The van der Waals surface area contributed by atoms with Crippen molar-refractivity contribution in [2.45, 2.75) is 51.3 Å². The molecule has 33 heavy (non-hydrogen) atoms. The highest BCUT2D eigenvalue weighted by molar-refractivity contribution is 5.85. The van der Waals surface area contributed by atoms with Crippen LogP contribution in [-0.2, 0) is 14.3 Å². The van der Waals surface area contributed by atoms with Crippen molar-refractivity contribution in [2.75, 3.05) is 13.7 Å². The maximum Gasteiger partial charge on any atom is 0.411 e. The van der Waals surface area contributed by atoms with Gasteiger partial charge in [0.15, 0.2) is 0 Å². The number of hydrogen-bond donors (Lipinski definition) is 2. The minimum absolute atomic E-state index is 0.126. The van der Waals surface area contributed by atoms with Gasteiger partial charge in [0.25, 0.3) is 0 Å². The molecule has 0 aromatic heterocycles. The van der Waals surface area contributed by atoms with E-state index in [1.807, 2.05) is 48.5 Å². The Labute approximate surface area is 193 Å². The summed E-state index contributed by atoms with van der Waals surface area (Å²) in [7, 11) is 1.24. The molecule has 0 saturated carbocycles. The predicted molar refractivity (Wildman–Crippen MR) is 123 cm³/mol. The quantitative estimate of drug-likeness (QED) is 0.593. The fourth-order valence-electron chi connectivity index (χ4n) is 4.13. The van der Waals surface area contributed by atoms with Gasteiger partial charge in [-0.25, -0.2) is 14.4 Å². The second-order valence-corrected chi connectivity index (χ2v) is 8.88. The molecule has 8 nitrogen and oxygen atoms in total. The molecule has 0 radical (unpaired) electrons. The van der Waals surface area contributed by atoms with Crippen LogP contribution in [0.2, 0.25) is 0 Å². The Morgan fingerprint density at radius 1 is 1.03 bits per heavy atom. The van der Waals surface area contributed by atoms with Gasteiger partial charge in [-0.3, -0.25) is 4.90 Å². The molecular formula is C25H30N2O6. The number of nitrogens with one attached hydrogen (secondary N) is 1. The van der Waals surface area contributed by atoms with Gasteiger partial charge in [0, 0.05) is 6.54 Å². The van der Waals surface area contributed by atoms with Crippen LogP contribution in [0.25, 0.3) is 11.1 Å². The van der Waals surface area contributed by atoms with Gasteiger partial charge in [-0.15, -0.1) is 0 Å². The van der Waals surface area contributed by atoms with Crippen LogP contribution in [0, 0.1) is 0 Å². The highest BCUT2D eigenvalue weighted by Gasteiger charge is 2.41. The molecule has 0 heterocycles. The third-order valence-electron chi connectivity index (χ3n) is 5.41. The molecule has 0 saturated heterocycles. The summed E-state index contributed by atoms with van der Waals surface area (Å²) in [4.78, 5) is 38.4. The lowest BCUT2D eigenvalue weighted by Crippen LogP contribution is -2.47. The van der Waals surface area contributed by atoms with Crippen LogP contribution in [-0.4, -0.2) is 53.5 Å². The molecule has 1 aliphatic carbocycles. The van der Waals surface area contributed by atoms with Gasteiger partial charge in [0.2, 0.25) is 0 Å². The zero-order valence-electron chi connectivity index (χ0n) is 19.3. The summed E-state index contributed by atoms with van der Waals surface area (Å²) in [5.41, 5.74) is 2.99. The Morgan fingerprint density at radius 2 is 1.58 bits per heavy atom. The summed E-state index contributed by atoms with van der Waals surface area (Å²) in [6.07, 6.45) is -0.835. The molecule has 1 atom stereocenters. The van der Waals surface area contributed by atoms with Crippen molar-refractivity contribution < 1.29 is 29.0 Å². The normalized spacial score (nSPS) is 13.5. The molecule has 176 valence electrons. The van der Waals surface area contributed by atoms with Crippen LogP contribution in [0.5, 0.6) is 0 Å². The number of nitrogens with zero attached hydrogens (tertiary/aromatic N) is 1. The molecule has 2 aromatic carbocycles. The van der Waals surface area contributed by atoms with Crippen LogP contribution in [0.15, 0.2) is 48.5 Å². The van der Waals surface area contributed by atoms with E-state index in [2.05, 4.69) is 5.32 Å². The van der Waals surface area contributed by atoms with E-state index in [1.54, 1.807) is 20.8 Å². The van der Waals surface area contributed by atoms with Crippen molar-refractivity contribution in [3.8, 4) is 11.1 Å². The SMILES string of the molecule is COC(=O)N(C1c2ccccc2-c2ccccc21)[C@@H](CCCNC(=O)OC(C)(C)C)C(=O)O. The van der Waals surface area contributed by atoms with E-state index in [-0.39, 0.29) is 13.0 Å². The first-order valence-corrected chi connectivity index (χ1v) is 10.9. The lowest BCUT2D eigenvalue weighted by atomic mass is 10.00. The van der Waals surface area contributed by atoms with E-state index in [1.165, 1.54) is 12.0 Å². The Kier molecular flexibility index (Phi) is 7.26. The largest absolute Gasteiger partial charge is 0.480 e. The predicted octanol–water partition coefficient (Wildman–Crippen LogP) is 4.58. The number of aliphatic carboxylic acids is 1. The van der Waals surface area contributed by atoms with Crippen LogP contribution in [0.4, 0.5) is 9.59 Å². The Bertz CT molecular complexity index is 984. The number of hydrogen-bond acceptors (Lipinski definition) is 5. The maximum absolute atomic E-state index is 12.9. The molecule has 0 unspecified atom stereocenters. The van der Waals surface area contributed by atoms with Gasteiger partial charge in [-0.05, 0) is 55.9 Å². The third kappa shape index (κ3) is 5.45. The summed E-state index contributed by atoms with van der Waals surface area (Å²) in [5.74, 6) is -1.14. The summed E-state index contributed by atoms with van der Waals surface area (Å²) in [6.45, 7) is 5.50. The zero-order valence-corrected chi connectivity index (χ0v) is 19.3. The number of ether oxygens (including phenoxy) is 2. The third-order valence-corrected chi connectivity index (χ3v) is 5.41. The first kappa shape index (κ1) is 24.1. The molecule has 0 spiro atoms. The lowest BCUT2D eigenvalue weighted by Gasteiger charge is -2.34. The van der Waals surface area contributed by atoms with E-state index >= 15 is 0 Å². The van der Waals surface area contributed by atoms with Gasteiger partial charge in [-0.2, -0.15) is 0 Å². The Hall–Kier alpha value is -3.55. The first-order valence-electron chi connectivity index (χ1n) is 10.9. The zero-order chi connectivity index (χ0) is 24.2. The number of carbonyl (C=O) groups is 3. The molecule has 0 bridgehead atoms. The van der Waals surface area contributed by atoms with E-state index in [4.69, 9.17) is 9.47 Å². The van der Waals surface area contributed by atoms with Gasteiger partial charge in [0.1, 0.15) is 11.6 Å². The fraction of sp³-hybridized carbons (Fsp3) is 0.400. The Balaban J connectivity index is 1.84. The van der Waals surface area contributed by atoms with Crippen molar-refractivity contribution in [1.82, 2.24) is 10.2 Å². The molecule has 8 heteroatoms. The molecule has 1 aliphatic rings. The van der Waals surface area contributed by atoms with E-state index in [0.717, 1.165) is 22.3 Å². The summed E-state index contributed by atoms with van der Waals surface area (Å²) < 4.78 is 10.2. The number of methoxy groups -OCH3 is 1. The molecule has 2 aromatic rings. The maximum atomic E-state index is 12.9. The number of fused-ring (bicyclic) bond motifs is 3. The minimum atomic E-state index is -1.15. The molecule has 0 aliphatic heterocycles. The van der Waals surface area contributed by atoms with Crippen LogP contribution in [0.3, 0.4) is 0 Å². The number of amides is 2. The van der Waals surface area contributed by atoms with Crippen LogP contribution < -0.4 is 5.32 Å². The highest BCUT2D eigenvalue weighted by Crippen LogP contribution is 2.47. The van der Waals surface area contributed by atoms with Crippen molar-refractivity contribution >= 4 is 18.2 Å². The van der Waals surface area contributed by atoms with E-state index in [0.29, 0.717) is 6.42 Å². The molecule has 2 amide bonds. The van der Waals surface area contributed by atoms with Gasteiger partial charge in [-0.1, -0.05) is 48.5 Å². The number of carboxylic acids is 1. The first-order chi connectivity index (χ1) is 15.6. The van der Waals surface area contributed by atoms with Gasteiger partial charge >= 0.3 is 18.2 Å². The second-order valence-electron chi connectivity index (χ2n) is 8.88. The van der Waals surface area contributed by atoms with Gasteiger partial charge < -0.3 is 19.9 Å². The second kappa shape index (κ2) is 9.94. The monoisotopic (exact) mass is 454 g/mol. The average molecular weight is 455 g/mol. The number of alkyl carbamates (subject to hydrolysis) is 1. The van der Waals surface area contributed by atoms with Crippen molar-refractivity contribution in [3.05, 3.63) is 59.7 Å². The molecule has 2 N–H and O–H groups in total. The number of benzene rings is 2. The minimum Gasteiger partial charge on any atom is -0.480 e. The standard InChI is InChI=1S/C25H30N2O6/c1-25(2,3)33-23(30)26-15-9-14-20(22(28)29)27(24(31)32-4)21-18-12-7-5-10-16(18)17-11-6-8-13-19(17)21/h5-8,10-13,20-21H,9,14-15H2,1-4H3,(H,26,30)(H,28,29)/t20-/m0/s1.